The molecule has 1 rings (SSSR count). The Morgan fingerprint density at radius 1 is 1.33 bits per heavy atom. The number of methoxy groups -OCH3 is 1. The number of likely N-dealkylation sites (tertiary alicyclic amines) is 1. The summed E-state index contributed by atoms with van der Waals surface area (Å²) in [6.45, 7) is 10.8. The predicted molar refractivity (Wildman–Crippen MR) is 71.4 cm³/mol. The van der Waals surface area contributed by atoms with Gasteiger partial charge in [0.15, 0.2) is 0 Å². The highest BCUT2D eigenvalue weighted by Crippen LogP contribution is 2.23. The molecule has 0 amide bonds. The van der Waals surface area contributed by atoms with Gasteiger partial charge >= 0.3 is 5.97 Å². The normalized spacial score (nSPS) is 24.7. The van der Waals surface area contributed by atoms with E-state index in [1.807, 2.05) is 0 Å². The van der Waals surface area contributed by atoms with Crippen LogP contribution in [0.25, 0.3) is 0 Å². The van der Waals surface area contributed by atoms with Crippen LogP contribution in [0.4, 0.5) is 0 Å². The standard InChI is InChI=1S/C14H27NO3/c1-11(2)5-7-18-8-6-15-9-12(3)13(10-15)14(16)17-4/h11-13H,5-10H2,1-4H3. The number of carbonyl (C=O) groups is 1. The van der Waals surface area contributed by atoms with Crippen molar-refractivity contribution in [2.45, 2.75) is 27.2 Å². The molecule has 2 unspecified atom stereocenters. The number of carbonyl (C=O) groups excluding carboxylic acids is 1. The number of nitrogens with zero attached hydrogens (tertiary/aromatic N) is 1. The molecule has 1 heterocycles. The number of esters is 1. The average molecular weight is 257 g/mol. The number of hydrogen-bond donors (Lipinski definition) is 0. The molecule has 106 valence electrons. The molecule has 4 heteroatoms. The van der Waals surface area contributed by atoms with Gasteiger partial charge in [0.25, 0.3) is 0 Å². The maximum atomic E-state index is 11.5. The number of hydrogen-bond acceptors (Lipinski definition) is 4. The minimum atomic E-state index is -0.0780. The molecule has 1 saturated heterocycles. The maximum Gasteiger partial charge on any atom is 0.310 e. The topological polar surface area (TPSA) is 38.8 Å². The quantitative estimate of drug-likeness (QED) is 0.515. The van der Waals surface area contributed by atoms with Gasteiger partial charge in [0.2, 0.25) is 0 Å². The molecule has 1 aliphatic heterocycles. The second kappa shape index (κ2) is 7.74. The molecule has 18 heavy (non-hydrogen) atoms. The van der Waals surface area contributed by atoms with Crippen molar-refractivity contribution in [2.75, 3.05) is 40.0 Å². The summed E-state index contributed by atoms with van der Waals surface area (Å²) in [5.41, 5.74) is 0. The predicted octanol–water partition coefficient (Wildman–Crippen LogP) is 1.79. The lowest BCUT2D eigenvalue weighted by atomic mass is 9.99. The largest absolute Gasteiger partial charge is 0.469 e. The first-order valence-corrected chi connectivity index (χ1v) is 6.92. The Morgan fingerprint density at radius 3 is 2.67 bits per heavy atom. The van der Waals surface area contributed by atoms with Gasteiger partial charge in [0.05, 0.1) is 19.6 Å². The molecule has 0 aromatic heterocycles. The van der Waals surface area contributed by atoms with Crippen LogP contribution in [0.5, 0.6) is 0 Å². The highest BCUT2D eigenvalue weighted by atomic mass is 16.5. The minimum Gasteiger partial charge on any atom is -0.469 e. The van der Waals surface area contributed by atoms with Crippen LogP contribution in [0.3, 0.4) is 0 Å². The van der Waals surface area contributed by atoms with E-state index in [4.69, 9.17) is 9.47 Å². The fraction of sp³-hybridized carbons (Fsp3) is 0.929. The van der Waals surface area contributed by atoms with Crippen LogP contribution in [-0.2, 0) is 14.3 Å². The molecule has 0 radical (unpaired) electrons. The van der Waals surface area contributed by atoms with Crippen LogP contribution in [0.15, 0.2) is 0 Å². The van der Waals surface area contributed by atoms with E-state index in [1.54, 1.807) is 0 Å². The molecule has 1 fully saturated rings. The summed E-state index contributed by atoms with van der Waals surface area (Å²) in [5.74, 6) is 1.03. The molecule has 0 bridgehead atoms. The van der Waals surface area contributed by atoms with Crippen molar-refractivity contribution in [3.05, 3.63) is 0 Å². The van der Waals surface area contributed by atoms with Crippen molar-refractivity contribution in [1.29, 1.82) is 0 Å². The molecule has 0 saturated carbocycles. The smallest absolute Gasteiger partial charge is 0.310 e. The average Bonchev–Trinajstić information content (AvgIpc) is 2.69. The van der Waals surface area contributed by atoms with Crippen LogP contribution in [0.2, 0.25) is 0 Å². The summed E-state index contributed by atoms with van der Waals surface area (Å²) < 4.78 is 10.4. The first-order chi connectivity index (χ1) is 8.54. The summed E-state index contributed by atoms with van der Waals surface area (Å²) >= 11 is 0. The Hall–Kier alpha value is -0.610. The van der Waals surface area contributed by atoms with Gasteiger partial charge in [-0.2, -0.15) is 0 Å². The molecule has 1 aliphatic rings. The van der Waals surface area contributed by atoms with Crippen molar-refractivity contribution in [2.24, 2.45) is 17.8 Å². The van der Waals surface area contributed by atoms with Crippen LogP contribution >= 0.6 is 0 Å². The first-order valence-electron chi connectivity index (χ1n) is 6.92. The van der Waals surface area contributed by atoms with Crippen LogP contribution in [0, 0.1) is 17.8 Å². The van der Waals surface area contributed by atoms with E-state index in [-0.39, 0.29) is 11.9 Å². The first kappa shape index (κ1) is 15.4. The monoisotopic (exact) mass is 257 g/mol. The van der Waals surface area contributed by atoms with E-state index >= 15 is 0 Å². The second-order valence-electron chi connectivity index (χ2n) is 5.66. The zero-order chi connectivity index (χ0) is 13.5. The van der Waals surface area contributed by atoms with Gasteiger partial charge in [0.1, 0.15) is 0 Å². The summed E-state index contributed by atoms with van der Waals surface area (Å²) in [6, 6.07) is 0. The lowest BCUT2D eigenvalue weighted by Gasteiger charge is -2.15. The van der Waals surface area contributed by atoms with Crippen molar-refractivity contribution >= 4 is 5.97 Å². The van der Waals surface area contributed by atoms with Gasteiger partial charge in [0, 0.05) is 26.2 Å². The van der Waals surface area contributed by atoms with E-state index in [1.165, 1.54) is 7.11 Å². The third kappa shape index (κ3) is 4.94. The summed E-state index contributed by atoms with van der Waals surface area (Å²) in [7, 11) is 1.47. The number of ether oxygens (including phenoxy) is 2. The van der Waals surface area contributed by atoms with Gasteiger partial charge in [-0.1, -0.05) is 20.8 Å². The van der Waals surface area contributed by atoms with Crippen molar-refractivity contribution in [3.8, 4) is 0 Å². The van der Waals surface area contributed by atoms with Gasteiger partial charge in [-0.05, 0) is 18.3 Å². The third-order valence-corrected chi connectivity index (χ3v) is 3.58. The molecular weight excluding hydrogens is 230 g/mol. The SMILES string of the molecule is COC(=O)C1CN(CCOCCC(C)C)CC1C. The fourth-order valence-electron chi connectivity index (χ4n) is 2.32. The highest BCUT2D eigenvalue weighted by molar-refractivity contribution is 5.73. The summed E-state index contributed by atoms with van der Waals surface area (Å²) in [4.78, 5) is 13.8. The fourth-order valence-corrected chi connectivity index (χ4v) is 2.32. The number of rotatable bonds is 7. The molecule has 0 aromatic rings. The van der Waals surface area contributed by atoms with Gasteiger partial charge < -0.3 is 9.47 Å². The molecule has 2 atom stereocenters. The Morgan fingerprint density at radius 2 is 2.06 bits per heavy atom. The second-order valence-corrected chi connectivity index (χ2v) is 5.66. The van der Waals surface area contributed by atoms with Crippen molar-refractivity contribution < 1.29 is 14.3 Å². The molecule has 0 N–H and O–H groups in total. The van der Waals surface area contributed by atoms with E-state index in [2.05, 4.69) is 25.7 Å². The van der Waals surface area contributed by atoms with E-state index in [0.717, 1.165) is 39.3 Å². The lowest BCUT2D eigenvalue weighted by Crippen LogP contribution is -2.27. The molecular formula is C14H27NO3. The lowest BCUT2D eigenvalue weighted by molar-refractivity contribution is -0.146. The van der Waals surface area contributed by atoms with E-state index in [0.29, 0.717) is 11.8 Å². The maximum absolute atomic E-state index is 11.5. The minimum absolute atomic E-state index is 0.0330. The third-order valence-electron chi connectivity index (χ3n) is 3.58. The van der Waals surface area contributed by atoms with E-state index < -0.39 is 0 Å². The van der Waals surface area contributed by atoms with Gasteiger partial charge in [-0.15, -0.1) is 0 Å². The molecule has 0 aromatic carbocycles. The summed E-state index contributed by atoms with van der Waals surface area (Å²) in [6.07, 6.45) is 1.11. The zero-order valence-corrected chi connectivity index (χ0v) is 12.1. The Balaban J connectivity index is 2.15. The Labute approximate surface area is 111 Å². The molecule has 0 spiro atoms. The van der Waals surface area contributed by atoms with Gasteiger partial charge in [-0.25, -0.2) is 0 Å². The molecule has 0 aliphatic carbocycles. The van der Waals surface area contributed by atoms with Gasteiger partial charge in [-0.3, -0.25) is 9.69 Å². The zero-order valence-electron chi connectivity index (χ0n) is 12.1. The Bertz CT molecular complexity index is 255. The van der Waals surface area contributed by atoms with Crippen LogP contribution in [0.1, 0.15) is 27.2 Å². The van der Waals surface area contributed by atoms with Crippen molar-refractivity contribution in [1.82, 2.24) is 4.90 Å². The highest BCUT2D eigenvalue weighted by Gasteiger charge is 2.35. The molecule has 4 nitrogen and oxygen atoms in total. The summed E-state index contributed by atoms with van der Waals surface area (Å²) in [5, 5.41) is 0. The van der Waals surface area contributed by atoms with Crippen molar-refractivity contribution in [3.63, 3.8) is 0 Å². The van der Waals surface area contributed by atoms with Crippen LogP contribution < -0.4 is 0 Å². The van der Waals surface area contributed by atoms with E-state index in [9.17, 15) is 4.79 Å². The van der Waals surface area contributed by atoms with Crippen LogP contribution in [-0.4, -0.2) is 50.8 Å². The Kier molecular flexibility index (Phi) is 6.65.